The van der Waals surface area contributed by atoms with Crippen LogP contribution in [0.15, 0.2) is 0 Å². The summed E-state index contributed by atoms with van der Waals surface area (Å²) in [5.41, 5.74) is 6.00. The Morgan fingerprint density at radius 1 is 0.689 bits per heavy atom. The first-order valence-corrected chi connectivity index (χ1v) is 24.2. The van der Waals surface area contributed by atoms with Gasteiger partial charge in [-0.2, -0.15) is 0 Å². The minimum Gasteiger partial charge on any atom is -0.479 e. The highest BCUT2D eigenvalue weighted by Crippen LogP contribution is 2.39. The highest BCUT2D eigenvalue weighted by molar-refractivity contribution is 5.76. The van der Waals surface area contributed by atoms with E-state index in [4.69, 9.17) is 48.4 Å². The molecule has 5 saturated heterocycles. The van der Waals surface area contributed by atoms with Gasteiger partial charge in [0.2, 0.25) is 0 Å². The molecular formula is C43H74N2O29. The van der Waals surface area contributed by atoms with E-state index in [1.807, 2.05) is 0 Å². The molecule has 5 aliphatic heterocycles. The first-order chi connectivity index (χ1) is 35.0. The number of hydrogen-bond donors (Lipinski definition) is 18. The quantitative estimate of drug-likeness (QED) is 0.0298. The van der Waals surface area contributed by atoms with Gasteiger partial charge in [0, 0.05) is 19.4 Å². The maximum Gasteiger partial charge on any atom is 0.364 e. The molecule has 0 saturated carbocycles. The molecule has 74 heavy (non-hydrogen) atoms. The van der Waals surface area contributed by atoms with Crippen LogP contribution >= 0.6 is 0 Å². The fraction of sp³-hybridized carbons (Fsp3) is 0.930. The molecule has 0 spiro atoms. The molecule has 0 bridgehead atoms. The number of aliphatic carboxylic acids is 2. The van der Waals surface area contributed by atoms with Crippen molar-refractivity contribution in [2.45, 2.75) is 217 Å². The minimum atomic E-state index is -3.15. The standard InChI is InChI=1S/C43H74N2O29/c1-15-23(52)26(55)30(59)40(67-15)71-32-19(14-48)69-39(66-10-8-6-4-3-5-7-9-20(51)65-2)22(45-37-29(58)27(56)28(57)36(70-37)38(61)62)34(32)72-41-31(60)35(25(54)18(13-47)68-41)74-43(42(63)64)11-16(49)21(44)33(73-43)24(53)17(50)12-46/h15-19,21-37,39-41,45-50,52-60H,3-14,44H2,1-2H3,(H,61,62)(H,63,64)/t15-,16-,17+,18+,19+,21+,22+,23+,24+,25-,26+,27-,28+,29+,30-,31+,32+,33+,34+,35-,36-,37-,39+,40-,41+,43-/m0/s1. The average Bonchev–Trinajstić information content (AvgIpc) is 3.37. The number of rotatable bonds is 25. The van der Waals surface area contributed by atoms with Crippen molar-refractivity contribution < 1.29 is 143 Å². The SMILES string of the molecule is COC(=O)CCCCCCCCO[C@@H]1O[C@H](CO)[C@@H](O[C@@H]2O[C@@H](C)[C@@H](O)[C@@H](O)[C@@H]2O)[C@H](O[C@H]2O[C@H](CO)[C@H](O)[C@H](O[C@]3(C(=O)O)C[C@H](O)[C@@H](N)[C@H]([C@H](O)[C@H](O)CO)O3)[C@H]2O)[C@H]1N[C@H]1O[C@H](C(=O)O)[C@H](O)[C@H](O)[C@H]1O. The molecule has 31 heteroatoms. The molecular weight excluding hydrogens is 1010 g/mol. The van der Waals surface area contributed by atoms with Gasteiger partial charge in [0.05, 0.1) is 51.2 Å². The van der Waals surface area contributed by atoms with Gasteiger partial charge in [0.15, 0.2) is 25.0 Å². The van der Waals surface area contributed by atoms with E-state index < -0.39 is 197 Å². The average molecular weight is 1080 g/mol. The predicted octanol–water partition coefficient (Wildman–Crippen LogP) is -9.13. The van der Waals surface area contributed by atoms with Gasteiger partial charge in [-0.05, 0) is 19.8 Å². The summed E-state index contributed by atoms with van der Waals surface area (Å²) < 4.78 is 57.9. The number of esters is 1. The lowest BCUT2D eigenvalue weighted by atomic mass is 9.88. The Morgan fingerprint density at radius 2 is 1.28 bits per heavy atom. The summed E-state index contributed by atoms with van der Waals surface area (Å²) in [7, 11) is 1.28. The highest BCUT2D eigenvalue weighted by Gasteiger charge is 2.61. The topological polar surface area (TPSA) is 505 Å². The predicted molar refractivity (Wildman–Crippen MR) is 235 cm³/mol. The molecule has 26 atom stereocenters. The number of carbonyl (C=O) groups excluding carboxylic acids is 1. The van der Waals surface area contributed by atoms with Crippen LogP contribution in [-0.4, -0.2) is 292 Å². The summed E-state index contributed by atoms with van der Waals surface area (Å²) >= 11 is 0. The van der Waals surface area contributed by atoms with Crippen LogP contribution in [0.1, 0.15) is 58.3 Å². The van der Waals surface area contributed by atoms with Crippen molar-refractivity contribution in [2.75, 3.05) is 33.5 Å². The van der Waals surface area contributed by atoms with Crippen molar-refractivity contribution in [3.63, 3.8) is 0 Å². The number of carboxylic acids is 2. The Labute approximate surface area is 422 Å². The van der Waals surface area contributed by atoms with Gasteiger partial charge >= 0.3 is 17.9 Å². The van der Waals surface area contributed by atoms with Crippen LogP contribution in [0.25, 0.3) is 0 Å². The fourth-order valence-electron chi connectivity index (χ4n) is 9.31. The number of nitrogens with two attached hydrogens (primary N) is 1. The third-order valence-corrected chi connectivity index (χ3v) is 13.7. The maximum absolute atomic E-state index is 13.1. The maximum atomic E-state index is 13.1. The number of unbranched alkanes of at least 4 members (excludes halogenated alkanes) is 5. The lowest BCUT2D eigenvalue weighted by Gasteiger charge is -2.52. The summed E-state index contributed by atoms with van der Waals surface area (Å²) in [6, 6.07) is -3.41. The van der Waals surface area contributed by atoms with Crippen molar-refractivity contribution in [3.8, 4) is 0 Å². The monoisotopic (exact) mass is 1080 g/mol. The van der Waals surface area contributed by atoms with Gasteiger partial charge in [-0.1, -0.05) is 25.7 Å². The molecule has 5 rings (SSSR count). The number of methoxy groups -OCH3 is 1. The third-order valence-electron chi connectivity index (χ3n) is 13.7. The molecule has 5 aliphatic rings. The van der Waals surface area contributed by atoms with Crippen molar-refractivity contribution in [2.24, 2.45) is 5.73 Å². The molecule has 19 N–H and O–H groups in total. The van der Waals surface area contributed by atoms with Gasteiger partial charge in [-0.3, -0.25) is 10.1 Å². The molecule has 0 aromatic carbocycles. The van der Waals surface area contributed by atoms with Crippen molar-refractivity contribution in [3.05, 3.63) is 0 Å². The number of aliphatic hydroxyl groups is 14. The molecule has 0 aromatic heterocycles. The van der Waals surface area contributed by atoms with Crippen LogP contribution in [0.2, 0.25) is 0 Å². The van der Waals surface area contributed by atoms with E-state index in [9.17, 15) is 96.1 Å². The van der Waals surface area contributed by atoms with Gasteiger partial charge in [-0.25, -0.2) is 9.59 Å². The minimum absolute atomic E-state index is 0.143. The zero-order valence-electron chi connectivity index (χ0n) is 40.5. The number of nitrogens with one attached hydrogen (secondary N) is 1. The Bertz CT molecular complexity index is 1760. The number of aliphatic hydroxyl groups excluding tert-OH is 14. The first kappa shape index (κ1) is 62.3. The van der Waals surface area contributed by atoms with E-state index in [1.165, 1.54) is 14.0 Å². The zero-order chi connectivity index (χ0) is 54.9. The lowest BCUT2D eigenvalue weighted by Crippen LogP contribution is -2.73. The Balaban J connectivity index is 1.55. The van der Waals surface area contributed by atoms with E-state index in [2.05, 4.69) is 10.1 Å². The zero-order valence-corrected chi connectivity index (χ0v) is 40.5. The fourth-order valence-corrected chi connectivity index (χ4v) is 9.31. The third kappa shape index (κ3) is 14.4. The van der Waals surface area contributed by atoms with Crippen LogP contribution < -0.4 is 11.1 Å². The van der Waals surface area contributed by atoms with E-state index in [0.717, 1.165) is 6.42 Å². The summed E-state index contributed by atoms with van der Waals surface area (Å²) in [6.45, 7) is -2.05. The second kappa shape index (κ2) is 27.8. The molecule has 5 heterocycles. The van der Waals surface area contributed by atoms with Gasteiger partial charge in [-0.15, -0.1) is 0 Å². The molecule has 0 aromatic rings. The summed E-state index contributed by atoms with van der Waals surface area (Å²) in [6.07, 6.45) is -43.2. The van der Waals surface area contributed by atoms with E-state index >= 15 is 0 Å². The van der Waals surface area contributed by atoms with Gasteiger partial charge in [0.1, 0.15) is 104 Å². The molecule has 0 aliphatic carbocycles. The Kier molecular flexibility index (Phi) is 23.4. The Morgan fingerprint density at radius 3 is 1.89 bits per heavy atom. The van der Waals surface area contributed by atoms with Crippen LogP contribution in [0, 0.1) is 0 Å². The van der Waals surface area contributed by atoms with Gasteiger partial charge < -0.3 is 135 Å². The summed E-state index contributed by atoms with van der Waals surface area (Å²) in [5.74, 6) is -7.34. The number of carbonyl (C=O) groups is 3. The van der Waals surface area contributed by atoms with E-state index in [1.54, 1.807) is 0 Å². The molecule has 0 unspecified atom stereocenters. The first-order valence-electron chi connectivity index (χ1n) is 24.2. The molecule has 0 radical (unpaired) electrons. The molecule has 0 amide bonds. The second-order valence-electron chi connectivity index (χ2n) is 18.9. The van der Waals surface area contributed by atoms with Crippen LogP contribution in [0.3, 0.4) is 0 Å². The van der Waals surface area contributed by atoms with Crippen LogP contribution in [-0.2, 0) is 61.8 Å². The summed E-state index contributed by atoms with van der Waals surface area (Å²) in [5, 5.41) is 174. The molecule has 430 valence electrons. The molecule has 31 nitrogen and oxygen atoms in total. The van der Waals surface area contributed by atoms with Crippen molar-refractivity contribution >= 4 is 17.9 Å². The largest absolute Gasteiger partial charge is 0.479 e. The number of hydrogen-bond acceptors (Lipinski definition) is 29. The van der Waals surface area contributed by atoms with Crippen LogP contribution in [0.5, 0.6) is 0 Å². The van der Waals surface area contributed by atoms with Crippen molar-refractivity contribution in [1.29, 1.82) is 0 Å². The molecule has 5 fully saturated rings. The lowest BCUT2D eigenvalue weighted by molar-refractivity contribution is -0.391. The van der Waals surface area contributed by atoms with E-state index in [0.29, 0.717) is 32.1 Å². The van der Waals surface area contributed by atoms with Crippen molar-refractivity contribution in [1.82, 2.24) is 5.32 Å². The second-order valence-corrected chi connectivity index (χ2v) is 18.9. The Hall–Kier alpha value is -2.59. The van der Waals surface area contributed by atoms with E-state index in [-0.39, 0.29) is 19.0 Å². The number of carboxylic acid groups (broad SMARTS) is 2. The highest BCUT2D eigenvalue weighted by atomic mass is 16.8. The van der Waals surface area contributed by atoms with Crippen LogP contribution in [0.4, 0.5) is 0 Å². The smallest absolute Gasteiger partial charge is 0.364 e. The van der Waals surface area contributed by atoms with Gasteiger partial charge in [0.25, 0.3) is 5.79 Å². The number of ether oxygens (including phenoxy) is 10. The summed E-state index contributed by atoms with van der Waals surface area (Å²) in [4.78, 5) is 36.8. The normalized spacial score (nSPS) is 43.8.